The second-order valence-corrected chi connectivity index (χ2v) is 6.88. The van der Waals surface area contributed by atoms with E-state index in [1.807, 2.05) is 6.92 Å². The molecule has 0 aromatic carbocycles. The first-order valence-electron chi connectivity index (χ1n) is 8.61. The van der Waals surface area contributed by atoms with Gasteiger partial charge in [-0.15, -0.1) is 0 Å². The van der Waals surface area contributed by atoms with Crippen LogP contribution in [-0.4, -0.2) is 47.7 Å². The number of carbonyl (C=O) groups is 1. The lowest BCUT2D eigenvalue weighted by molar-refractivity contribution is -0.144. The first kappa shape index (κ1) is 18.4. The largest absolute Gasteiger partial charge is 0.480 e. The van der Waals surface area contributed by atoms with E-state index in [0.717, 1.165) is 25.4 Å². The van der Waals surface area contributed by atoms with Gasteiger partial charge < -0.3 is 15.3 Å². The van der Waals surface area contributed by atoms with Crippen molar-refractivity contribution in [3.05, 3.63) is 0 Å². The highest BCUT2D eigenvalue weighted by Crippen LogP contribution is 2.29. The zero-order valence-electron chi connectivity index (χ0n) is 14.3. The maximum absolute atomic E-state index is 11.5. The van der Waals surface area contributed by atoms with Gasteiger partial charge in [0.1, 0.15) is 5.54 Å². The normalized spacial score (nSPS) is 25.8. The molecule has 1 aliphatic rings. The van der Waals surface area contributed by atoms with E-state index in [4.69, 9.17) is 0 Å². The van der Waals surface area contributed by atoms with Crippen LogP contribution in [0.5, 0.6) is 0 Å². The van der Waals surface area contributed by atoms with Gasteiger partial charge in [-0.2, -0.15) is 0 Å². The molecule has 1 rings (SSSR count). The van der Waals surface area contributed by atoms with Gasteiger partial charge in [-0.25, -0.2) is 0 Å². The summed E-state index contributed by atoms with van der Waals surface area (Å²) in [5, 5.41) is 12.7. The number of nitrogens with zero attached hydrogens (tertiary/aromatic N) is 1. The minimum absolute atomic E-state index is 0.636. The summed E-state index contributed by atoms with van der Waals surface area (Å²) in [6, 6.07) is 0.636. The van der Waals surface area contributed by atoms with Gasteiger partial charge in [0.25, 0.3) is 0 Å². The first-order chi connectivity index (χ1) is 9.92. The van der Waals surface area contributed by atoms with Gasteiger partial charge in [0.15, 0.2) is 0 Å². The molecule has 4 nitrogen and oxygen atoms in total. The predicted molar refractivity (Wildman–Crippen MR) is 87.6 cm³/mol. The van der Waals surface area contributed by atoms with Crippen LogP contribution in [0.1, 0.15) is 65.7 Å². The molecule has 0 radical (unpaired) electrons. The van der Waals surface area contributed by atoms with Gasteiger partial charge in [0.05, 0.1) is 0 Å². The number of rotatable bonds is 9. The molecule has 1 unspecified atom stereocenters. The second-order valence-electron chi connectivity index (χ2n) is 6.88. The van der Waals surface area contributed by atoms with Crippen LogP contribution < -0.4 is 5.32 Å². The van der Waals surface area contributed by atoms with Gasteiger partial charge in [0, 0.05) is 12.6 Å². The van der Waals surface area contributed by atoms with Crippen molar-refractivity contribution in [3.8, 4) is 0 Å². The smallest absolute Gasteiger partial charge is 0.323 e. The summed E-state index contributed by atoms with van der Waals surface area (Å²) in [6.07, 6.45) is 8.11. The summed E-state index contributed by atoms with van der Waals surface area (Å²) >= 11 is 0. The fourth-order valence-electron chi connectivity index (χ4n) is 3.25. The average molecular weight is 298 g/mol. The standard InChI is InChI=1S/C17H34N2O2/c1-5-12-18-17(3,16(20)21)11-13-19(4)15-9-7-14(6-2)8-10-15/h14-15,18H,5-13H2,1-4H3,(H,20,21). The van der Waals surface area contributed by atoms with Crippen LogP contribution in [0.25, 0.3) is 0 Å². The number of carboxylic acids is 1. The van der Waals surface area contributed by atoms with E-state index in [1.165, 1.54) is 32.1 Å². The van der Waals surface area contributed by atoms with Crippen molar-refractivity contribution in [2.24, 2.45) is 5.92 Å². The Balaban J connectivity index is 2.43. The Morgan fingerprint density at radius 2 is 1.90 bits per heavy atom. The van der Waals surface area contributed by atoms with Gasteiger partial charge in [-0.1, -0.05) is 20.3 Å². The Labute approximate surface area is 130 Å². The molecule has 0 spiro atoms. The molecule has 4 heteroatoms. The Morgan fingerprint density at radius 3 is 2.38 bits per heavy atom. The summed E-state index contributed by atoms with van der Waals surface area (Å²) in [4.78, 5) is 13.9. The van der Waals surface area contributed by atoms with Crippen molar-refractivity contribution in [1.29, 1.82) is 0 Å². The summed E-state index contributed by atoms with van der Waals surface area (Å²) in [5.41, 5.74) is -0.801. The van der Waals surface area contributed by atoms with Crippen LogP contribution in [0, 0.1) is 5.92 Å². The van der Waals surface area contributed by atoms with E-state index >= 15 is 0 Å². The zero-order valence-corrected chi connectivity index (χ0v) is 14.3. The molecule has 0 aliphatic heterocycles. The number of carboxylic acid groups (broad SMARTS) is 1. The molecular weight excluding hydrogens is 264 g/mol. The summed E-state index contributed by atoms with van der Waals surface area (Å²) in [5.74, 6) is 0.171. The topological polar surface area (TPSA) is 52.6 Å². The van der Waals surface area contributed by atoms with Crippen LogP contribution >= 0.6 is 0 Å². The quantitative estimate of drug-likeness (QED) is 0.687. The van der Waals surface area contributed by atoms with Crippen LogP contribution in [0.15, 0.2) is 0 Å². The van der Waals surface area contributed by atoms with E-state index in [1.54, 1.807) is 0 Å². The van der Waals surface area contributed by atoms with E-state index in [2.05, 4.69) is 31.1 Å². The molecule has 0 saturated heterocycles. The fraction of sp³-hybridized carbons (Fsp3) is 0.941. The van der Waals surface area contributed by atoms with Gasteiger partial charge in [0.2, 0.25) is 0 Å². The Morgan fingerprint density at radius 1 is 1.29 bits per heavy atom. The van der Waals surface area contributed by atoms with Gasteiger partial charge in [-0.3, -0.25) is 4.79 Å². The minimum atomic E-state index is -0.801. The van der Waals surface area contributed by atoms with Crippen molar-refractivity contribution in [2.45, 2.75) is 77.3 Å². The number of aliphatic carboxylic acids is 1. The van der Waals surface area contributed by atoms with Gasteiger partial charge >= 0.3 is 5.97 Å². The van der Waals surface area contributed by atoms with E-state index < -0.39 is 11.5 Å². The van der Waals surface area contributed by atoms with E-state index in [0.29, 0.717) is 12.5 Å². The van der Waals surface area contributed by atoms with Crippen LogP contribution in [0.2, 0.25) is 0 Å². The third-order valence-electron chi connectivity index (χ3n) is 5.22. The molecule has 124 valence electrons. The monoisotopic (exact) mass is 298 g/mol. The Kier molecular flexibility index (Phi) is 7.67. The van der Waals surface area contributed by atoms with Crippen molar-refractivity contribution < 1.29 is 9.90 Å². The second kappa shape index (κ2) is 8.74. The molecule has 21 heavy (non-hydrogen) atoms. The summed E-state index contributed by atoms with van der Waals surface area (Å²) in [6.45, 7) is 7.77. The fourth-order valence-corrected chi connectivity index (χ4v) is 3.25. The molecule has 1 atom stereocenters. The Hall–Kier alpha value is -0.610. The van der Waals surface area contributed by atoms with E-state index in [9.17, 15) is 9.90 Å². The maximum Gasteiger partial charge on any atom is 0.323 e. The van der Waals surface area contributed by atoms with Crippen LogP contribution in [0.3, 0.4) is 0 Å². The zero-order chi connectivity index (χ0) is 15.9. The highest BCUT2D eigenvalue weighted by Gasteiger charge is 2.33. The molecule has 1 aliphatic carbocycles. The molecule has 0 aromatic rings. The summed E-state index contributed by atoms with van der Waals surface area (Å²) < 4.78 is 0. The third-order valence-corrected chi connectivity index (χ3v) is 5.22. The lowest BCUT2D eigenvalue weighted by atomic mass is 9.84. The van der Waals surface area contributed by atoms with Crippen LogP contribution in [0.4, 0.5) is 0 Å². The van der Waals surface area contributed by atoms with E-state index in [-0.39, 0.29) is 0 Å². The number of nitrogens with one attached hydrogen (secondary N) is 1. The lowest BCUT2D eigenvalue weighted by Crippen LogP contribution is -2.52. The molecule has 1 fully saturated rings. The molecular formula is C17H34N2O2. The average Bonchev–Trinajstić information content (AvgIpc) is 2.50. The van der Waals surface area contributed by atoms with Crippen LogP contribution in [-0.2, 0) is 4.79 Å². The lowest BCUT2D eigenvalue weighted by Gasteiger charge is -2.36. The molecule has 0 heterocycles. The molecule has 0 bridgehead atoms. The van der Waals surface area contributed by atoms with Crippen molar-refractivity contribution in [1.82, 2.24) is 10.2 Å². The molecule has 0 aromatic heterocycles. The maximum atomic E-state index is 11.5. The summed E-state index contributed by atoms with van der Waals surface area (Å²) in [7, 11) is 2.15. The molecule has 1 saturated carbocycles. The van der Waals surface area contributed by atoms with Gasteiger partial charge in [-0.05, 0) is 65.0 Å². The highest BCUT2D eigenvalue weighted by molar-refractivity contribution is 5.78. The number of hydrogen-bond donors (Lipinski definition) is 2. The Bertz CT molecular complexity index is 314. The minimum Gasteiger partial charge on any atom is -0.480 e. The van der Waals surface area contributed by atoms with Crippen molar-refractivity contribution >= 4 is 5.97 Å². The molecule has 0 amide bonds. The predicted octanol–water partition coefficient (Wildman–Crippen LogP) is 3.12. The van der Waals surface area contributed by atoms with Crippen molar-refractivity contribution in [2.75, 3.05) is 20.1 Å². The SMILES string of the molecule is CCCNC(C)(CCN(C)C1CCC(CC)CC1)C(=O)O. The number of hydrogen-bond acceptors (Lipinski definition) is 3. The molecule has 2 N–H and O–H groups in total. The first-order valence-corrected chi connectivity index (χ1v) is 8.61. The highest BCUT2D eigenvalue weighted by atomic mass is 16.4. The third kappa shape index (κ3) is 5.59. The van der Waals surface area contributed by atoms with Crippen molar-refractivity contribution in [3.63, 3.8) is 0 Å².